The first-order chi connectivity index (χ1) is 16.8. The summed E-state index contributed by atoms with van der Waals surface area (Å²) in [5.74, 6) is 0.334. The minimum atomic E-state index is -0.317. The van der Waals surface area contributed by atoms with Gasteiger partial charge in [0.05, 0.1) is 5.69 Å². The maximum Gasteiger partial charge on any atom is 0.223 e. The number of piperidine rings is 1. The number of likely N-dealkylation sites (tertiary alicyclic amines) is 1. The third-order valence-electron chi connectivity index (χ3n) is 7.28. The molecule has 2 saturated heterocycles. The summed E-state index contributed by atoms with van der Waals surface area (Å²) < 4.78 is 19.6. The summed E-state index contributed by atoms with van der Waals surface area (Å²) in [4.78, 5) is 32.2. The molecule has 0 spiro atoms. The van der Waals surface area contributed by atoms with Gasteiger partial charge in [0.2, 0.25) is 11.8 Å². The number of carbonyl (C=O) groups is 2. The Hall–Kier alpha value is -2.94. The first kappa shape index (κ1) is 25.2. The van der Waals surface area contributed by atoms with Crippen molar-refractivity contribution in [2.75, 3.05) is 46.3 Å². The number of nitrogens with zero attached hydrogens (tertiary/aromatic N) is 4. The van der Waals surface area contributed by atoms with Crippen LogP contribution in [0.25, 0.3) is 0 Å². The SMILES string of the molecule is Cc1n[nH]c(C)c1CCC(=O)N1CC[C@H](Oc2ccc(F)cc2)[C@@H](CC(=O)N2CCN(C)CC2)C1. The number of carbonyl (C=O) groups excluding carboxylic acids is 2. The number of likely N-dealkylation sites (N-methyl/N-ethyl adjacent to an activating group) is 1. The summed E-state index contributed by atoms with van der Waals surface area (Å²) >= 11 is 0. The van der Waals surface area contributed by atoms with E-state index in [0.717, 1.165) is 43.1 Å². The molecule has 0 bridgehead atoms. The normalized spacial score (nSPS) is 21.3. The number of nitrogens with one attached hydrogen (secondary N) is 1. The number of amides is 2. The van der Waals surface area contributed by atoms with Crippen LogP contribution in [0.1, 0.15) is 36.2 Å². The number of piperazine rings is 1. The summed E-state index contributed by atoms with van der Waals surface area (Å²) in [7, 11) is 2.06. The van der Waals surface area contributed by atoms with Crippen molar-refractivity contribution in [2.24, 2.45) is 5.92 Å². The van der Waals surface area contributed by atoms with Gasteiger partial charge in [0.25, 0.3) is 0 Å². The van der Waals surface area contributed by atoms with Crippen molar-refractivity contribution < 1.29 is 18.7 Å². The lowest BCUT2D eigenvalue weighted by Gasteiger charge is -2.40. The van der Waals surface area contributed by atoms with Crippen LogP contribution in [0.2, 0.25) is 0 Å². The molecule has 3 heterocycles. The summed E-state index contributed by atoms with van der Waals surface area (Å²) in [6.45, 7) is 8.14. The molecule has 35 heavy (non-hydrogen) atoms. The fraction of sp³-hybridized carbons (Fsp3) is 0.577. The van der Waals surface area contributed by atoms with E-state index < -0.39 is 0 Å². The molecule has 4 rings (SSSR count). The Bertz CT molecular complexity index is 997. The molecule has 2 fully saturated rings. The molecule has 2 aliphatic rings. The predicted octanol–water partition coefficient (Wildman–Crippen LogP) is 2.56. The maximum absolute atomic E-state index is 13.4. The van der Waals surface area contributed by atoms with Crippen molar-refractivity contribution in [2.45, 2.75) is 45.6 Å². The van der Waals surface area contributed by atoms with E-state index in [2.05, 4.69) is 22.1 Å². The molecule has 190 valence electrons. The molecule has 0 aliphatic carbocycles. The Labute approximate surface area is 206 Å². The highest BCUT2D eigenvalue weighted by atomic mass is 19.1. The molecule has 2 amide bonds. The van der Waals surface area contributed by atoms with Crippen LogP contribution in [0.4, 0.5) is 4.39 Å². The zero-order valence-electron chi connectivity index (χ0n) is 20.9. The van der Waals surface area contributed by atoms with Gasteiger partial charge < -0.3 is 19.4 Å². The largest absolute Gasteiger partial charge is 0.490 e. The molecule has 1 N–H and O–H groups in total. The fourth-order valence-corrected chi connectivity index (χ4v) is 5.02. The number of rotatable bonds is 7. The average molecular weight is 486 g/mol. The lowest BCUT2D eigenvalue weighted by atomic mass is 9.90. The molecule has 2 aliphatic heterocycles. The van der Waals surface area contributed by atoms with Crippen LogP contribution in [-0.2, 0) is 16.0 Å². The third kappa shape index (κ3) is 6.39. The molecule has 9 heteroatoms. The zero-order chi connectivity index (χ0) is 24.9. The summed E-state index contributed by atoms with van der Waals surface area (Å²) in [5, 5.41) is 7.20. The highest BCUT2D eigenvalue weighted by Gasteiger charge is 2.35. The van der Waals surface area contributed by atoms with Crippen LogP contribution >= 0.6 is 0 Å². The van der Waals surface area contributed by atoms with Crippen molar-refractivity contribution >= 4 is 11.8 Å². The van der Waals surface area contributed by atoms with Gasteiger partial charge in [-0.1, -0.05) is 0 Å². The summed E-state index contributed by atoms with van der Waals surface area (Å²) in [5.41, 5.74) is 3.02. The minimum absolute atomic E-state index is 0.0854. The fourth-order valence-electron chi connectivity index (χ4n) is 5.02. The van der Waals surface area contributed by atoms with Gasteiger partial charge in [0.15, 0.2) is 0 Å². The van der Waals surface area contributed by atoms with Gasteiger partial charge in [-0.25, -0.2) is 4.39 Å². The highest BCUT2D eigenvalue weighted by Crippen LogP contribution is 2.27. The quantitative estimate of drug-likeness (QED) is 0.652. The van der Waals surface area contributed by atoms with E-state index in [4.69, 9.17) is 4.74 Å². The first-order valence-electron chi connectivity index (χ1n) is 12.5. The van der Waals surface area contributed by atoms with Crippen LogP contribution in [0.15, 0.2) is 24.3 Å². The van der Waals surface area contributed by atoms with Crippen molar-refractivity contribution in [3.05, 3.63) is 47.0 Å². The number of benzene rings is 1. The number of aryl methyl sites for hydroxylation is 2. The van der Waals surface area contributed by atoms with Crippen molar-refractivity contribution in [1.82, 2.24) is 24.9 Å². The first-order valence-corrected chi connectivity index (χ1v) is 12.5. The number of H-pyrrole nitrogens is 1. The Balaban J connectivity index is 1.41. The third-order valence-corrected chi connectivity index (χ3v) is 7.28. The van der Waals surface area contributed by atoms with Crippen LogP contribution in [-0.4, -0.2) is 89.1 Å². The second kappa shape index (κ2) is 11.2. The molecule has 0 saturated carbocycles. The van der Waals surface area contributed by atoms with E-state index in [1.54, 1.807) is 12.1 Å². The lowest BCUT2D eigenvalue weighted by Crippen LogP contribution is -2.51. The number of hydrogen-bond donors (Lipinski definition) is 1. The zero-order valence-corrected chi connectivity index (χ0v) is 20.9. The molecule has 8 nitrogen and oxygen atoms in total. The van der Waals surface area contributed by atoms with Gasteiger partial charge in [0.1, 0.15) is 17.7 Å². The molecular formula is C26H36FN5O3. The van der Waals surface area contributed by atoms with Crippen molar-refractivity contribution in [1.29, 1.82) is 0 Å². The molecule has 2 atom stereocenters. The van der Waals surface area contributed by atoms with Crippen LogP contribution in [0.3, 0.4) is 0 Å². The van der Waals surface area contributed by atoms with E-state index in [1.165, 1.54) is 12.1 Å². The Kier molecular flexibility index (Phi) is 8.05. The second-order valence-corrected chi connectivity index (χ2v) is 9.80. The highest BCUT2D eigenvalue weighted by molar-refractivity contribution is 5.78. The maximum atomic E-state index is 13.4. The average Bonchev–Trinajstić information content (AvgIpc) is 3.17. The summed E-state index contributed by atoms with van der Waals surface area (Å²) in [6, 6.07) is 5.97. The van der Waals surface area contributed by atoms with Gasteiger partial charge >= 0.3 is 0 Å². The van der Waals surface area contributed by atoms with Gasteiger partial charge in [-0.15, -0.1) is 0 Å². The van der Waals surface area contributed by atoms with Crippen LogP contribution < -0.4 is 4.74 Å². The number of ether oxygens (including phenoxy) is 1. The van der Waals surface area contributed by atoms with Crippen LogP contribution in [0, 0.1) is 25.6 Å². The number of hydrogen-bond acceptors (Lipinski definition) is 5. The molecule has 1 aromatic carbocycles. The van der Waals surface area contributed by atoms with E-state index in [1.807, 2.05) is 23.6 Å². The number of halogens is 1. The van der Waals surface area contributed by atoms with E-state index >= 15 is 0 Å². The van der Waals surface area contributed by atoms with E-state index in [0.29, 0.717) is 44.5 Å². The number of aromatic amines is 1. The monoisotopic (exact) mass is 485 g/mol. The van der Waals surface area contributed by atoms with Gasteiger partial charge in [-0.3, -0.25) is 14.7 Å². The molecule has 0 unspecified atom stereocenters. The Morgan fingerprint density at radius 2 is 1.77 bits per heavy atom. The molecule has 0 radical (unpaired) electrons. The summed E-state index contributed by atoms with van der Waals surface area (Å²) in [6.07, 6.45) is 1.81. The lowest BCUT2D eigenvalue weighted by molar-refractivity contribution is -0.140. The topological polar surface area (TPSA) is 81.8 Å². The Morgan fingerprint density at radius 3 is 2.43 bits per heavy atom. The smallest absolute Gasteiger partial charge is 0.223 e. The minimum Gasteiger partial charge on any atom is -0.490 e. The Morgan fingerprint density at radius 1 is 1.06 bits per heavy atom. The van der Waals surface area contributed by atoms with E-state index in [9.17, 15) is 14.0 Å². The van der Waals surface area contributed by atoms with E-state index in [-0.39, 0.29) is 29.7 Å². The van der Waals surface area contributed by atoms with Gasteiger partial charge in [0, 0.05) is 70.1 Å². The van der Waals surface area contributed by atoms with Crippen molar-refractivity contribution in [3.8, 4) is 5.75 Å². The number of aromatic nitrogens is 2. The van der Waals surface area contributed by atoms with Gasteiger partial charge in [-0.2, -0.15) is 5.10 Å². The standard InChI is InChI=1S/C26H36FN5O3/c1-18-23(19(2)29-28-18)8-9-25(33)32-11-10-24(35-22-6-4-21(27)5-7-22)20(17-32)16-26(34)31-14-12-30(3)13-15-31/h4-7,20,24H,8-17H2,1-3H3,(H,28,29)/t20-,24-/m0/s1. The second-order valence-electron chi connectivity index (χ2n) is 9.80. The molecule has 2 aromatic rings. The van der Waals surface area contributed by atoms with Gasteiger partial charge in [-0.05, 0) is 57.1 Å². The molecule has 1 aromatic heterocycles. The molecular weight excluding hydrogens is 449 g/mol. The predicted molar refractivity (Wildman–Crippen MR) is 131 cm³/mol. The van der Waals surface area contributed by atoms with Crippen LogP contribution in [0.5, 0.6) is 5.75 Å². The van der Waals surface area contributed by atoms with Crippen molar-refractivity contribution in [3.63, 3.8) is 0 Å².